The molecule has 0 saturated heterocycles. The van der Waals surface area contributed by atoms with Crippen molar-refractivity contribution in [3.05, 3.63) is 45.7 Å². The summed E-state index contributed by atoms with van der Waals surface area (Å²) in [5.41, 5.74) is 5.37. The minimum atomic E-state index is 0.515. The first kappa shape index (κ1) is 12.6. The topological polar surface area (TPSA) is 35.0 Å². The van der Waals surface area contributed by atoms with Gasteiger partial charge < -0.3 is 4.74 Å². The number of aryl methyl sites for hydroxylation is 2. The van der Waals surface area contributed by atoms with Gasteiger partial charge >= 0.3 is 0 Å². The predicted octanol–water partition coefficient (Wildman–Crippen LogP) is 3.49. The number of hydrogen-bond acceptors (Lipinski definition) is 3. The highest BCUT2D eigenvalue weighted by molar-refractivity contribution is 6.30. The Labute approximate surface area is 117 Å². The van der Waals surface area contributed by atoms with Crippen LogP contribution < -0.4 is 0 Å². The van der Waals surface area contributed by atoms with E-state index in [0.717, 1.165) is 29.1 Å². The van der Waals surface area contributed by atoms with Gasteiger partial charge in [-0.25, -0.2) is 9.97 Å². The van der Waals surface area contributed by atoms with Gasteiger partial charge in [0.15, 0.2) is 5.82 Å². The summed E-state index contributed by atoms with van der Waals surface area (Å²) in [4.78, 5) is 9.14. The van der Waals surface area contributed by atoms with Crippen LogP contribution in [0.1, 0.15) is 22.4 Å². The summed E-state index contributed by atoms with van der Waals surface area (Å²) in [5, 5.41) is 0.516. The maximum Gasteiger partial charge on any atom is 0.161 e. The molecule has 0 amide bonds. The van der Waals surface area contributed by atoms with E-state index < -0.39 is 0 Å². The fourth-order valence-corrected chi connectivity index (χ4v) is 2.72. The third-order valence-corrected chi connectivity index (χ3v) is 3.79. The van der Waals surface area contributed by atoms with Crippen molar-refractivity contribution in [1.29, 1.82) is 0 Å². The molecule has 3 rings (SSSR count). The van der Waals surface area contributed by atoms with E-state index in [1.807, 2.05) is 6.07 Å². The average molecular weight is 275 g/mol. The Bertz CT molecular complexity index is 620. The van der Waals surface area contributed by atoms with Gasteiger partial charge in [0.05, 0.1) is 18.9 Å². The van der Waals surface area contributed by atoms with E-state index in [-0.39, 0.29) is 0 Å². The molecule has 2 heterocycles. The van der Waals surface area contributed by atoms with Crippen molar-refractivity contribution < 1.29 is 4.74 Å². The summed E-state index contributed by atoms with van der Waals surface area (Å²) >= 11 is 6.27. The Morgan fingerprint density at radius 3 is 2.63 bits per heavy atom. The van der Waals surface area contributed by atoms with Crippen LogP contribution in [0.15, 0.2) is 18.2 Å². The molecule has 0 N–H and O–H groups in total. The van der Waals surface area contributed by atoms with Crippen LogP contribution in [0.3, 0.4) is 0 Å². The van der Waals surface area contributed by atoms with E-state index in [9.17, 15) is 0 Å². The summed E-state index contributed by atoms with van der Waals surface area (Å²) in [6.07, 6.45) is 0.801. The lowest BCUT2D eigenvalue weighted by atomic mass is 10.0. The number of aromatic nitrogens is 2. The fraction of sp³-hybridized carbons (Fsp3) is 0.333. The molecule has 2 aromatic rings. The molecule has 4 heteroatoms. The monoisotopic (exact) mass is 274 g/mol. The number of rotatable bonds is 1. The highest BCUT2D eigenvalue weighted by atomic mass is 35.5. The quantitative estimate of drug-likeness (QED) is 0.747. The first-order chi connectivity index (χ1) is 9.16. The summed E-state index contributed by atoms with van der Waals surface area (Å²) in [7, 11) is 0. The third kappa shape index (κ3) is 2.24. The van der Waals surface area contributed by atoms with Crippen molar-refractivity contribution in [2.45, 2.75) is 26.9 Å². The number of benzene rings is 1. The van der Waals surface area contributed by atoms with Crippen LogP contribution >= 0.6 is 11.6 Å². The summed E-state index contributed by atoms with van der Waals surface area (Å²) in [6.45, 7) is 5.36. The summed E-state index contributed by atoms with van der Waals surface area (Å²) in [5.74, 6) is 0.723. The molecule has 1 aliphatic heterocycles. The molecule has 3 nitrogen and oxygen atoms in total. The van der Waals surface area contributed by atoms with Gasteiger partial charge in [-0.1, -0.05) is 29.8 Å². The average Bonchev–Trinajstić information content (AvgIpc) is 2.38. The van der Waals surface area contributed by atoms with Crippen LogP contribution in [0.4, 0.5) is 0 Å². The zero-order valence-electron chi connectivity index (χ0n) is 11.0. The molecule has 0 spiro atoms. The van der Waals surface area contributed by atoms with Crippen LogP contribution in [-0.4, -0.2) is 16.6 Å². The molecular weight excluding hydrogens is 260 g/mol. The zero-order chi connectivity index (χ0) is 13.4. The van der Waals surface area contributed by atoms with Crippen molar-refractivity contribution >= 4 is 11.6 Å². The Hall–Kier alpha value is -1.45. The smallest absolute Gasteiger partial charge is 0.161 e. The first-order valence-corrected chi connectivity index (χ1v) is 6.74. The van der Waals surface area contributed by atoms with Gasteiger partial charge in [0.25, 0.3) is 0 Å². The van der Waals surface area contributed by atoms with Crippen molar-refractivity contribution in [2.24, 2.45) is 0 Å². The van der Waals surface area contributed by atoms with E-state index in [0.29, 0.717) is 18.4 Å². The van der Waals surface area contributed by atoms with Gasteiger partial charge in [0.1, 0.15) is 5.15 Å². The molecule has 98 valence electrons. The van der Waals surface area contributed by atoms with Crippen molar-refractivity contribution in [1.82, 2.24) is 9.97 Å². The van der Waals surface area contributed by atoms with Gasteiger partial charge in [-0.2, -0.15) is 0 Å². The lowest BCUT2D eigenvalue weighted by molar-refractivity contribution is 0.109. The van der Waals surface area contributed by atoms with Gasteiger partial charge in [-0.3, -0.25) is 0 Å². The lowest BCUT2D eigenvalue weighted by Gasteiger charge is -2.18. The molecule has 1 aliphatic rings. The van der Waals surface area contributed by atoms with Gasteiger partial charge in [-0.05, 0) is 25.0 Å². The predicted molar refractivity (Wildman–Crippen MR) is 75.3 cm³/mol. The molecule has 1 aromatic heterocycles. The molecule has 0 bridgehead atoms. The SMILES string of the molecule is Cc1cccc(C)c1-c1nc(Cl)c2c(n1)CCOC2. The number of fused-ring (bicyclic) bond motifs is 1. The summed E-state index contributed by atoms with van der Waals surface area (Å²) < 4.78 is 5.41. The number of nitrogens with zero attached hydrogens (tertiary/aromatic N) is 2. The minimum Gasteiger partial charge on any atom is -0.376 e. The Morgan fingerprint density at radius 1 is 1.16 bits per heavy atom. The van der Waals surface area contributed by atoms with Crippen molar-refractivity contribution in [3.8, 4) is 11.4 Å². The van der Waals surface area contributed by atoms with E-state index in [4.69, 9.17) is 21.3 Å². The zero-order valence-corrected chi connectivity index (χ0v) is 11.8. The Morgan fingerprint density at radius 2 is 1.89 bits per heavy atom. The van der Waals surface area contributed by atoms with Crippen molar-refractivity contribution in [2.75, 3.05) is 6.61 Å². The van der Waals surface area contributed by atoms with Crippen LogP contribution in [0.5, 0.6) is 0 Å². The second-order valence-electron chi connectivity index (χ2n) is 4.83. The molecular formula is C15H15ClN2O. The van der Waals surface area contributed by atoms with Crippen LogP contribution in [0, 0.1) is 13.8 Å². The normalized spacial score (nSPS) is 14.3. The van der Waals surface area contributed by atoms with Gasteiger partial charge in [0.2, 0.25) is 0 Å². The molecule has 0 radical (unpaired) electrons. The van der Waals surface area contributed by atoms with E-state index in [1.54, 1.807) is 0 Å². The number of ether oxygens (including phenoxy) is 1. The second kappa shape index (κ2) is 4.91. The standard InChI is InChI=1S/C15H15ClN2O/c1-9-4-3-5-10(2)13(9)15-17-12-6-7-19-8-11(12)14(16)18-15/h3-5H,6-8H2,1-2H3. The second-order valence-corrected chi connectivity index (χ2v) is 5.19. The molecule has 19 heavy (non-hydrogen) atoms. The Balaban J connectivity index is 2.19. The number of hydrogen-bond donors (Lipinski definition) is 0. The maximum atomic E-state index is 6.27. The lowest BCUT2D eigenvalue weighted by Crippen LogP contribution is -2.14. The fourth-order valence-electron chi connectivity index (χ4n) is 2.47. The van der Waals surface area contributed by atoms with Crippen LogP contribution in [-0.2, 0) is 17.8 Å². The van der Waals surface area contributed by atoms with Gasteiger partial charge in [0, 0.05) is 17.5 Å². The van der Waals surface area contributed by atoms with Gasteiger partial charge in [-0.15, -0.1) is 0 Å². The van der Waals surface area contributed by atoms with E-state index in [1.165, 1.54) is 11.1 Å². The van der Waals surface area contributed by atoms with Crippen molar-refractivity contribution in [3.63, 3.8) is 0 Å². The summed E-state index contributed by atoms with van der Waals surface area (Å²) in [6, 6.07) is 6.19. The van der Waals surface area contributed by atoms with Crippen LogP contribution in [0.2, 0.25) is 5.15 Å². The number of halogens is 1. The molecule has 0 fully saturated rings. The van der Waals surface area contributed by atoms with E-state index in [2.05, 4.69) is 31.0 Å². The van der Waals surface area contributed by atoms with Crippen LogP contribution in [0.25, 0.3) is 11.4 Å². The molecule has 0 atom stereocenters. The molecule has 0 unspecified atom stereocenters. The maximum absolute atomic E-state index is 6.27. The molecule has 0 saturated carbocycles. The largest absolute Gasteiger partial charge is 0.376 e. The molecule has 0 aliphatic carbocycles. The highest BCUT2D eigenvalue weighted by Crippen LogP contribution is 2.29. The highest BCUT2D eigenvalue weighted by Gasteiger charge is 2.19. The first-order valence-electron chi connectivity index (χ1n) is 6.36. The third-order valence-electron chi connectivity index (χ3n) is 3.48. The van der Waals surface area contributed by atoms with E-state index >= 15 is 0 Å². The molecule has 1 aromatic carbocycles. The minimum absolute atomic E-state index is 0.515. The Kier molecular flexibility index (Phi) is 3.25.